The van der Waals surface area contributed by atoms with Crippen LogP contribution in [-0.4, -0.2) is 31.2 Å². The van der Waals surface area contributed by atoms with Crippen LogP contribution < -0.4 is 10.2 Å². The second-order valence-corrected chi connectivity index (χ2v) is 6.44. The quantitative estimate of drug-likeness (QED) is 0.899. The fourth-order valence-electron chi connectivity index (χ4n) is 3.17. The van der Waals surface area contributed by atoms with Crippen molar-refractivity contribution in [2.45, 2.75) is 44.6 Å². The van der Waals surface area contributed by atoms with Gasteiger partial charge in [0.1, 0.15) is 6.10 Å². The first kappa shape index (κ1) is 16.3. The zero-order valence-electron chi connectivity index (χ0n) is 14.0. The first-order valence-electron chi connectivity index (χ1n) is 8.26. The lowest BCUT2D eigenvalue weighted by atomic mass is 9.91. The summed E-state index contributed by atoms with van der Waals surface area (Å²) in [7, 11) is 0. The van der Waals surface area contributed by atoms with Gasteiger partial charge in [0.05, 0.1) is 24.6 Å². The fourth-order valence-corrected chi connectivity index (χ4v) is 3.17. The molecule has 0 bridgehead atoms. The summed E-state index contributed by atoms with van der Waals surface area (Å²) in [5.74, 6) is -0.145. The van der Waals surface area contributed by atoms with Gasteiger partial charge in [-0.3, -0.25) is 9.69 Å². The van der Waals surface area contributed by atoms with Crippen LogP contribution in [0.2, 0.25) is 0 Å². The maximum Gasteiger partial charge on any atom is 0.414 e. The average Bonchev–Trinajstić information content (AvgIpc) is 3.29. The molecule has 2 fully saturated rings. The van der Waals surface area contributed by atoms with E-state index in [4.69, 9.17) is 4.74 Å². The topological polar surface area (TPSA) is 82.4 Å². The van der Waals surface area contributed by atoms with Gasteiger partial charge in [-0.2, -0.15) is 5.26 Å². The lowest BCUT2D eigenvalue weighted by Crippen LogP contribution is -2.33. The van der Waals surface area contributed by atoms with Crippen LogP contribution in [0.5, 0.6) is 0 Å². The number of ether oxygens (including phenoxy) is 1. The van der Waals surface area contributed by atoms with Crippen LogP contribution in [0.3, 0.4) is 0 Å². The Hall–Kier alpha value is -2.55. The third-order valence-electron chi connectivity index (χ3n) is 4.71. The van der Waals surface area contributed by atoms with Gasteiger partial charge in [-0.15, -0.1) is 0 Å². The summed E-state index contributed by atoms with van der Waals surface area (Å²) < 4.78 is 5.30. The van der Waals surface area contributed by atoms with Crippen LogP contribution in [0.4, 0.5) is 10.5 Å². The molecule has 0 radical (unpaired) electrons. The molecule has 24 heavy (non-hydrogen) atoms. The Bertz CT molecular complexity index is 719. The number of cyclic esters (lactones) is 1. The van der Waals surface area contributed by atoms with Crippen molar-refractivity contribution < 1.29 is 14.3 Å². The number of hydrogen-bond donors (Lipinski definition) is 1. The van der Waals surface area contributed by atoms with Gasteiger partial charge in [-0.1, -0.05) is 13.0 Å². The van der Waals surface area contributed by atoms with E-state index >= 15 is 0 Å². The van der Waals surface area contributed by atoms with Crippen molar-refractivity contribution in [2.24, 2.45) is 0 Å². The van der Waals surface area contributed by atoms with E-state index in [1.165, 1.54) is 6.92 Å². The van der Waals surface area contributed by atoms with Crippen LogP contribution >= 0.6 is 0 Å². The van der Waals surface area contributed by atoms with Gasteiger partial charge < -0.3 is 10.1 Å². The lowest BCUT2D eigenvalue weighted by Gasteiger charge is -2.18. The normalized spacial score (nSPS) is 21.1. The van der Waals surface area contributed by atoms with E-state index in [9.17, 15) is 14.9 Å². The van der Waals surface area contributed by atoms with Gasteiger partial charge in [0, 0.05) is 12.6 Å². The molecule has 0 unspecified atom stereocenters. The van der Waals surface area contributed by atoms with Gasteiger partial charge in [-0.05, 0) is 42.5 Å². The number of benzene rings is 1. The second kappa shape index (κ2) is 6.16. The molecule has 1 atom stereocenters. The number of carbonyl (C=O) groups excluding carboxylic acids is 2. The number of aryl methyl sites for hydroxylation is 1. The van der Waals surface area contributed by atoms with Crippen LogP contribution in [0, 0.1) is 11.3 Å². The van der Waals surface area contributed by atoms with Crippen molar-refractivity contribution >= 4 is 17.7 Å². The second-order valence-electron chi connectivity index (χ2n) is 6.44. The molecule has 1 aliphatic carbocycles. The Morgan fingerprint density at radius 2 is 2.25 bits per heavy atom. The summed E-state index contributed by atoms with van der Waals surface area (Å²) in [5, 5.41) is 12.1. The first-order chi connectivity index (χ1) is 11.5. The maximum absolute atomic E-state index is 12.1. The van der Waals surface area contributed by atoms with Gasteiger partial charge >= 0.3 is 6.09 Å². The number of hydrogen-bond acceptors (Lipinski definition) is 4. The monoisotopic (exact) mass is 327 g/mol. The molecule has 0 spiro atoms. The summed E-state index contributed by atoms with van der Waals surface area (Å²) in [5.41, 5.74) is 2.63. The Labute approximate surface area is 141 Å². The molecule has 6 heteroatoms. The summed E-state index contributed by atoms with van der Waals surface area (Å²) in [6.07, 6.45) is 1.87. The number of nitrogens with one attached hydrogen (secondary N) is 1. The highest BCUT2D eigenvalue weighted by Crippen LogP contribution is 2.49. The van der Waals surface area contributed by atoms with Crippen LogP contribution in [0.25, 0.3) is 0 Å². The Balaban J connectivity index is 1.79. The van der Waals surface area contributed by atoms with Gasteiger partial charge in [-0.25, -0.2) is 4.79 Å². The highest BCUT2D eigenvalue weighted by atomic mass is 16.6. The van der Waals surface area contributed by atoms with Crippen molar-refractivity contribution in [2.75, 3.05) is 18.0 Å². The lowest BCUT2D eigenvalue weighted by molar-refractivity contribution is -0.119. The highest BCUT2D eigenvalue weighted by Gasteiger charge is 2.46. The first-order valence-corrected chi connectivity index (χ1v) is 8.26. The zero-order valence-corrected chi connectivity index (χ0v) is 14.0. The van der Waals surface area contributed by atoms with E-state index < -0.39 is 6.09 Å². The predicted octanol–water partition coefficient (Wildman–Crippen LogP) is 2.27. The molecule has 1 aliphatic heterocycles. The third kappa shape index (κ3) is 2.94. The molecule has 2 amide bonds. The third-order valence-corrected chi connectivity index (χ3v) is 4.71. The smallest absolute Gasteiger partial charge is 0.414 e. The Morgan fingerprint density at radius 1 is 1.50 bits per heavy atom. The molecule has 1 aromatic carbocycles. The van der Waals surface area contributed by atoms with E-state index in [1.807, 2.05) is 18.2 Å². The predicted molar refractivity (Wildman–Crippen MR) is 88.6 cm³/mol. The van der Waals surface area contributed by atoms with E-state index in [1.54, 1.807) is 4.90 Å². The largest absolute Gasteiger partial charge is 0.442 e. The summed E-state index contributed by atoms with van der Waals surface area (Å²) in [4.78, 5) is 24.7. The highest BCUT2D eigenvalue weighted by molar-refractivity contribution is 5.90. The van der Waals surface area contributed by atoms with Crippen LogP contribution in [-0.2, 0) is 21.4 Å². The molecule has 1 saturated carbocycles. The number of amides is 2. The molecule has 0 aromatic heterocycles. The van der Waals surface area contributed by atoms with E-state index in [0.717, 1.165) is 36.1 Å². The van der Waals surface area contributed by atoms with Gasteiger partial charge in [0.15, 0.2) is 0 Å². The van der Waals surface area contributed by atoms with Crippen molar-refractivity contribution in [3.63, 3.8) is 0 Å². The number of nitriles is 1. The molecule has 1 saturated heterocycles. The van der Waals surface area contributed by atoms with Crippen LogP contribution in [0.15, 0.2) is 18.2 Å². The van der Waals surface area contributed by atoms with Gasteiger partial charge in [0.2, 0.25) is 5.91 Å². The number of nitrogens with zero attached hydrogens (tertiary/aromatic N) is 2. The fraction of sp³-hybridized carbons (Fsp3) is 0.500. The average molecular weight is 327 g/mol. The minimum Gasteiger partial charge on any atom is -0.442 e. The SMILES string of the molecule is CCc1cc(N2C[C@H](CNC(C)=O)OC2=O)ccc1C1(C#N)CC1. The standard InChI is InChI=1S/C18H21N3O3/c1-3-13-8-14(4-5-16(13)18(11-19)6-7-18)21-10-15(24-17(21)23)9-20-12(2)22/h4-5,8,15H,3,6-7,9-10H2,1-2H3,(H,20,22)/t15-/m0/s1. The maximum atomic E-state index is 12.1. The molecule has 1 heterocycles. The number of rotatable bonds is 5. The molecule has 1 N–H and O–H groups in total. The Kier molecular flexibility index (Phi) is 4.18. The molecule has 1 aromatic rings. The van der Waals surface area contributed by atoms with Gasteiger partial charge in [0.25, 0.3) is 0 Å². The van der Waals surface area contributed by atoms with E-state index in [2.05, 4.69) is 18.3 Å². The summed E-state index contributed by atoms with van der Waals surface area (Å²) in [6.45, 7) is 4.21. The number of anilines is 1. The molecule has 3 rings (SSSR count). The minimum absolute atomic E-state index is 0.145. The van der Waals surface area contributed by atoms with Crippen LogP contribution in [0.1, 0.15) is 37.8 Å². The Morgan fingerprint density at radius 3 is 2.83 bits per heavy atom. The molecule has 2 aliphatic rings. The van der Waals surface area contributed by atoms with Crippen molar-refractivity contribution in [3.8, 4) is 6.07 Å². The summed E-state index contributed by atoms with van der Waals surface area (Å²) >= 11 is 0. The molecular formula is C18H21N3O3. The molecular weight excluding hydrogens is 306 g/mol. The summed E-state index contributed by atoms with van der Waals surface area (Å²) in [6, 6.07) is 8.27. The van der Waals surface area contributed by atoms with E-state index in [-0.39, 0.29) is 17.4 Å². The number of carbonyl (C=O) groups is 2. The van der Waals surface area contributed by atoms with E-state index in [0.29, 0.717) is 13.1 Å². The zero-order chi connectivity index (χ0) is 17.3. The molecule has 6 nitrogen and oxygen atoms in total. The van der Waals surface area contributed by atoms with Crippen molar-refractivity contribution in [1.82, 2.24) is 5.32 Å². The van der Waals surface area contributed by atoms with Crippen molar-refractivity contribution in [3.05, 3.63) is 29.3 Å². The molecule has 126 valence electrons. The van der Waals surface area contributed by atoms with Crippen molar-refractivity contribution in [1.29, 1.82) is 5.26 Å². The minimum atomic E-state index is -0.401.